The van der Waals surface area contributed by atoms with E-state index < -0.39 is 11.7 Å². The van der Waals surface area contributed by atoms with Gasteiger partial charge in [-0.1, -0.05) is 54.6 Å². The summed E-state index contributed by atoms with van der Waals surface area (Å²) in [6.07, 6.45) is 0.115. The predicted molar refractivity (Wildman–Crippen MR) is 91.1 cm³/mol. The molecule has 0 aliphatic rings. The molecule has 25 heavy (non-hydrogen) atoms. The van der Waals surface area contributed by atoms with E-state index in [1.54, 1.807) is 12.2 Å². The van der Waals surface area contributed by atoms with Gasteiger partial charge in [-0.2, -0.15) is 13.2 Å². The minimum atomic E-state index is -4.33. The second kappa shape index (κ2) is 9.18. The Balaban J connectivity index is 1.66. The molecule has 0 saturated heterocycles. The number of ketones is 1. The molecule has 0 spiro atoms. The van der Waals surface area contributed by atoms with Gasteiger partial charge in [-0.05, 0) is 29.7 Å². The second-order valence-corrected chi connectivity index (χ2v) is 5.56. The molecule has 0 aliphatic heterocycles. The molecule has 2 aromatic rings. The number of rotatable bonds is 8. The van der Waals surface area contributed by atoms with E-state index in [1.165, 1.54) is 12.1 Å². The lowest BCUT2D eigenvalue weighted by Crippen LogP contribution is -2.09. The van der Waals surface area contributed by atoms with E-state index in [1.807, 2.05) is 30.3 Å². The molecule has 2 aromatic carbocycles. The van der Waals surface area contributed by atoms with Gasteiger partial charge in [0.05, 0.1) is 12.2 Å². The molecule has 5 heteroatoms. The van der Waals surface area contributed by atoms with Crippen molar-refractivity contribution in [2.24, 2.45) is 0 Å². The highest BCUT2D eigenvalue weighted by Crippen LogP contribution is 2.29. The Hall–Kier alpha value is -2.40. The predicted octanol–water partition coefficient (Wildman–Crippen LogP) is 4.94. The minimum absolute atomic E-state index is 0.0202. The van der Waals surface area contributed by atoms with Gasteiger partial charge in [0.15, 0.2) is 5.78 Å². The van der Waals surface area contributed by atoms with Crippen molar-refractivity contribution in [3.05, 3.63) is 77.4 Å². The molecule has 2 rings (SSSR count). The number of alkyl halides is 3. The summed E-state index contributed by atoms with van der Waals surface area (Å²) in [6, 6.07) is 14.6. The summed E-state index contributed by atoms with van der Waals surface area (Å²) in [6.45, 7) is 0.266. The molecule has 132 valence electrons. The van der Waals surface area contributed by atoms with Crippen molar-refractivity contribution in [3.8, 4) is 0 Å². The van der Waals surface area contributed by atoms with Gasteiger partial charge in [-0.15, -0.1) is 0 Å². The van der Waals surface area contributed by atoms with E-state index in [4.69, 9.17) is 4.74 Å². The van der Waals surface area contributed by atoms with Crippen molar-refractivity contribution in [2.75, 3.05) is 13.2 Å². The second-order valence-electron chi connectivity index (χ2n) is 5.56. The summed E-state index contributed by atoms with van der Waals surface area (Å²) in [4.78, 5) is 11.7. The average molecular weight is 348 g/mol. The monoisotopic (exact) mass is 348 g/mol. The maximum absolute atomic E-state index is 12.4. The van der Waals surface area contributed by atoms with Crippen LogP contribution in [0.2, 0.25) is 0 Å². The lowest BCUT2D eigenvalue weighted by molar-refractivity contribution is -0.137. The van der Waals surface area contributed by atoms with E-state index in [9.17, 15) is 18.0 Å². The van der Waals surface area contributed by atoms with Crippen LogP contribution in [0, 0.1) is 0 Å². The SMILES string of the molecule is O=C(CCc1ccccc1)COC/C=C/c1ccc(C(F)(F)F)cc1. The van der Waals surface area contributed by atoms with Crippen LogP contribution in [-0.2, 0) is 22.1 Å². The Morgan fingerprint density at radius 3 is 2.32 bits per heavy atom. The van der Waals surface area contributed by atoms with E-state index >= 15 is 0 Å². The summed E-state index contributed by atoms with van der Waals surface area (Å²) < 4.78 is 42.6. The van der Waals surface area contributed by atoms with Gasteiger partial charge in [0.25, 0.3) is 0 Å². The fourth-order valence-corrected chi connectivity index (χ4v) is 2.21. The van der Waals surface area contributed by atoms with Gasteiger partial charge in [0.1, 0.15) is 6.61 Å². The standard InChI is InChI=1S/C20H19F3O2/c21-20(22,23)18-11-8-17(9-12-18)7-4-14-25-15-19(24)13-10-16-5-2-1-3-6-16/h1-9,11-12H,10,13-15H2/b7-4+. The van der Waals surface area contributed by atoms with Gasteiger partial charge in [-0.3, -0.25) is 4.79 Å². The third-order valence-electron chi connectivity index (χ3n) is 3.56. The van der Waals surface area contributed by atoms with Gasteiger partial charge in [0, 0.05) is 6.42 Å². The molecule has 0 bridgehead atoms. The third-order valence-corrected chi connectivity index (χ3v) is 3.56. The van der Waals surface area contributed by atoms with Gasteiger partial charge < -0.3 is 4.74 Å². The van der Waals surface area contributed by atoms with Crippen LogP contribution >= 0.6 is 0 Å². The maximum Gasteiger partial charge on any atom is 0.416 e. The highest BCUT2D eigenvalue weighted by atomic mass is 19.4. The van der Waals surface area contributed by atoms with Crippen LogP contribution in [0.5, 0.6) is 0 Å². The molecule has 0 N–H and O–H groups in total. The van der Waals surface area contributed by atoms with E-state index in [2.05, 4.69) is 0 Å². The normalized spacial score (nSPS) is 11.8. The highest BCUT2D eigenvalue weighted by Gasteiger charge is 2.29. The van der Waals surface area contributed by atoms with Crippen molar-refractivity contribution < 1.29 is 22.7 Å². The number of Topliss-reactive ketones (excluding diaryl/α,β-unsaturated/α-hetero) is 1. The first-order valence-corrected chi connectivity index (χ1v) is 7.92. The molecule has 0 heterocycles. The summed E-state index contributed by atoms with van der Waals surface area (Å²) in [7, 11) is 0. The van der Waals surface area contributed by atoms with Crippen LogP contribution in [0.4, 0.5) is 13.2 Å². The first-order chi connectivity index (χ1) is 11.9. The zero-order chi connectivity index (χ0) is 18.1. The van der Waals surface area contributed by atoms with Crippen LogP contribution in [0.15, 0.2) is 60.7 Å². The van der Waals surface area contributed by atoms with Crippen molar-refractivity contribution in [2.45, 2.75) is 19.0 Å². The van der Waals surface area contributed by atoms with E-state index in [-0.39, 0.29) is 19.0 Å². The van der Waals surface area contributed by atoms with E-state index in [0.29, 0.717) is 18.4 Å². The minimum Gasteiger partial charge on any atom is -0.370 e. The zero-order valence-corrected chi connectivity index (χ0v) is 13.6. The number of carbonyl (C=O) groups excluding carboxylic acids is 1. The lowest BCUT2D eigenvalue weighted by Gasteiger charge is -2.06. The number of benzene rings is 2. The number of ether oxygens (including phenoxy) is 1. The van der Waals surface area contributed by atoms with Crippen LogP contribution in [0.3, 0.4) is 0 Å². The Morgan fingerprint density at radius 1 is 1.00 bits per heavy atom. The number of carbonyl (C=O) groups is 1. The topological polar surface area (TPSA) is 26.3 Å². The number of hydrogen-bond donors (Lipinski definition) is 0. The van der Waals surface area contributed by atoms with Crippen molar-refractivity contribution >= 4 is 11.9 Å². The Bertz CT molecular complexity index is 689. The highest BCUT2D eigenvalue weighted by molar-refractivity contribution is 5.79. The van der Waals surface area contributed by atoms with Crippen LogP contribution in [0.25, 0.3) is 6.08 Å². The van der Waals surface area contributed by atoms with Gasteiger partial charge >= 0.3 is 6.18 Å². The van der Waals surface area contributed by atoms with Crippen LogP contribution < -0.4 is 0 Å². The molecule has 0 fully saturated rings. The molecule has 0 unspecified atom stereocenters. The van der Waals surface area contributed by atoms with Crippen molar-refractivity contribution in [3.63, 3.8) is 0 Å². The quantitative estimate of drug-likeness (QED) is 0.632. The summed E-state index contributed by atoms with van der Waals surface area (Å²) in [5.41, 5.74) is 1.08. The lowest BCUT2D eigenvalue weighted by atomic mass is 10.1. The molecule has 0 aromatic heterocycles. The van der Waals surface area contributed by atoms with Crippen LogP contribution in [-0.4, -0.2) is 19.0 Å². The third kappa shape index (κ3) is 6.93. The molecule has 0 amide bonds. The smallest absolute Gasteiger partial charge is 0.370 e. The first kappa shape index (κ1) is 18.9. The molecular weight excluding hydrogens is 329 g/mol. The van der Waals surface area contributed by atoms with Crippen molar-refractivity contribution in [1.82, 2.24) is 0 Å². The molecule has 0 saturated carbocycles. The van der Waals surface area contributed by atoms with Gasteiger partial charge in [0.2, 0.25) is 0 Å². The maximum atomic E-state index is 12.4. The Kier molecular flexibility index (Phi) is 6.95. The molecule has 0 atom stereocenters. The van der Waals surface area contributed by atoms with Crippen molar-refractivity contribution in [1.29, 1.82) is 0 Å². The number of aryl methyl sites for hydroxylation is 1. The van der Waals surface area contributed by atoms with E-state index in [0.717, 1.165) is 17.7 Å². The first-order valence-electron chi connectivity index (χ1n) is 7.92. The molecular formula is C20H19F3O2. The Labute approximate surface area is 144 Å². The fourth-order valence-electron chi connectivity index (χ4n) is 2.21. The largest absolute Gasteiger partial charge is 0.416 e. The number of halogens is 3. The molecule has 2 nitrogen and oxygen atoms in total. The summed E-state index contributed by atoms with van der Waals surface area (Å²) in [5, 5.41) is 0. The summed E-state index contributed by atoms with van der Waals surface area (Å²) in [5.74, 6) is 0.0202. The average Bonchev–Trinajstić information content (AvgIpc) is 2.60. The Morgan fingerprint density at radius 2 is 1.68 bits per heavy atom. The fraction of sp³-hybridized carbons (Fsp3) is 0.250. The number of hydrogen-bond acceptors (Lipinski definition) is 2. The molecule has 0 radical (unpaired) electrons. The van der Waals surface area contributed by atoms with Crippen LogP contribution in [0.1, 0.15) is 23.1 Å². The molecule has 0 aliphatic carbocycles. The zero-order valence-electron chi connectivity index (χ0n) is 13.6. The summed E-state index contributed by atoms with van der Waals surface area (Å²) >= 11 is 0. The van der Waals surface area contributed by atoms with Gasteiger partial charge in [-0.25, -0.2) is 0 Å².